The summed E-state index contributed by atoms with van der Waals surface area (Å²) in [7, 11) is 0. The van der Waals surface area contributed by atoms with E-state index in [4.69, 9.17) is 5.73 Å². The summed E-state index contributed by atoms with van der Waals surface area (Å²) in [6.07, 6.45) is 2.10. The average molecular weight is 237 g/mol. The predicted molar refractivity (Wildman–Crippen MR) is 72.1 cm³/mol. The lowest BCUT2D eigenvalue weighted by Crippen LogP contribution is -1.98. The van der Waals surface area contributed by atoms with E-state index in [9.17, 15) is 0 Å². The maximum absolute atomic E-state index is 5.91. The Balaban J connectivity index is 0.00000128. The lowest BCUT2D eigenvalue weighted by atomic mass is 10.1. The molecule has 86 valence electrons. The van der Waals surface area contributed by atoms with E-state index < -0.39 is 0 Å². The van der Waals surface area contributed by atoms with Crippen LogP contribution in [0.15, 0.2) is 24.3 Å². The second kappa shape index (κ2) is 5.17. The number of halogens is 1. The Morgan fingerprint density at radius 1 is 1.25 bits per heavy atom. The van der Waals surface area contributed by atoms with Gasteiger partial charge in [0.15, 0.2) is 0 Å². The summed E-state index contributed by atoms with van der Waals surface area (Å²) in [5, 5.41) is 1.18. The molecule has 1 heterocycles. The van der Waals surface area contributed by atoms with E-state index in [1.165, 1.54) is 10.9 Å². The van der Waals surface area contributed by atoms with Crippen molar-refractivity contribution in [1.29, 1.82) is 0 Å². The molecule has 0 bridgehead atoms. The third kappa shape index (κ3) is 2.45. The maximum Gasteiger partial charge on any atom is 0.127 e. The second-order valence-corrected chi connectivity index (χ2v) is 3.98. The average Bonchev–Trinajstić information content (AvgIpc) is 2.20. The molecule has 2 nitrogen and oxygen atoms in total. The van der Waals surface area contributed by atoms with Crippen LogP contribution in [0.4, 0.5) is 5.82 Å². The van der Waals surface area contributed by atoms with E-state index in [0.717, 1.165) is 23.9 Å². The molecule has 1 aromatic heterocycles. The number of rotatable bonds is 2. The Kier molecular flexibility index (Phi) is 4.13. The molecule has 0 spiro atoms. The van der Waals surface area contributed by atoms with E-state index in [1.54, 1.807) is 0 Å². The Hall–Kier alpha value is -1.28. The van der Waals surface area contributed by atoms with Gasteiger partial charge in [-0.15, -0.1) is 12.4 Å². The molecule has 1 aromatic carbocycles. The van der Waals surface area contributed by atoms with Gasteiger partial charge in [-0.2, -0.15) is 0 Å². The van der Waals surface area contributed by atoms with Gasteiger partial charge in [-0.25, -0.2) is 4.98 Å². The maximum atomic E-state index is 5.91. The standard InChI is InChI=1S/C13H16N2.ClH/c1-3-4-11-8-10-6-5-9(2)7-12(10)15-13(11)14;/h5-8H,3-4H2,1-2H3,(H2,14,15);1H. The number of aromatic nitrogens is 1. The fourth-order valence-electron chi connectivity index (χ4n) is 1.81. The minimum atomic E-state index is 0. The normalized spacial score (nSPS) is 10.1. The number of benzene rings is 1. The highest BCUT2D eigenvalue weighted by Gasteiger charge is 2.03. The van der Waals surface area contributed by atoms with Gasteiger partial charge in [-0.1, -0.05) is 25.5 Å². The first-order chi connectivity index (χ1) is 7.20. The number of nitrogens with two attached hydrogens (primary N) is 1. The van der Waals surface area contributed by atoms with Crippen molar-refractivity contribution >= 4 is 29.1 Å². The van der Waals surface area contributed by atoms with Crippen LogP contribution in [-0.2, 0) is 6.42 Å². The number of pyridine rings is 1. The first kappa shape index (κ1) is 12.8. The van der Waals surface area contributed by atoms with Crippen molar-refractivity contribution in [1.82, 2.24) is 4.98 Å². The highest BCUT2D eigenvalue weighted by Crippen LogP contribution is 2.20. The molecule has 0 aliphatic carbocycles. The van der Waals surface area contributed by atoms with Crippen LogP contribution in [0.1, 0.15) is 24.5 Å². The van der Waals surface area contributed by atoms with Crippen molar-refractivity contribution in [2.45, 2.75) is 26.7 Å². The van der Waals surface area contributed by atoms with E-state index in [0.29, 0.717) is 5.82 Å². The summed E-state index contributed by atoms with van der Waals surface area (Å²) in [5.41, 5.74) is 9.29. The van der Waals surface area contributed by atoms with Crippen LogP contribution in [-0.4, -0.2) is 4.98 Å². The minimum absolute atomic E-state index is 0. The summed E-state index contributed by atoms with van der Waals surface area (Å²) in [4.78, 5) is 4.43. The number of hydrogen-bond donors (Lipinski definition) is 1. The van der Waals surface area contributed by atoms with Crippen LogP contribution < -0.4 is 5.73 Å². The zero-order valence-electron chi connectivity index (χ0n) is 9.66. The highest BCUT2D eigenvalue weighted by molar-refractivity contribution is 5.85. The summed E-state index contributed by atoms with van der Waals surface area (Å²) in [5.74, 6) is 0.676. The Morgan fingerprint density at radius 2 is 2.00 bits per heavy atom. The smallest absolute Gasteiger partial charge is 0.127 e. The third-order valence-electron chi connectivity index (χ3n) is 2.60. The van der Waals surface area contributed by atoms with Crippen molar-refractivity contribution in [2.24, 2.45) is 0 Å². The molecule has 0 saturated carbocycles. The van der Waals surface area contributed by atoms with Gasteiger partial charge < -0.3 is 5.73 Å². The van der Waals surface area contributed by atoms with E-state index >= 15 is 0 Å². The van der Waals surface area contributed by atoms with Gasteiger partial charge in [0.1, 0.15) is 5.82 Å². The fraction of sp³-hybridized carbons (Fsp3) is 0.308. The van der Waals surface area contributed by atoms with Gasteiger partial charge in [-0.3, -0.25) is 0 Å². The van der Waals surface area contributed by atoms with E-state index in [2.05, 4.69) is 43.1 Å². The molecule has 16 heavy (non-hydrogen) atoms. The van der Waals surface area contributed by atoms with Gasteiger partial charge >= 0.3 is 0 Å². The largest absolute Gasteiger partial charge is 0.383 e. The lowest BCUT2D eigenvalue weighted by molar-refractivity contribution is 0.921. The molecule has 3 heteroatoms. The highest BCUT2D eigenvalue weighted by atomic mass is 35.5. The van der Waals surface area contributed by atoms with Crippen molar-refractivity contribution in [3.63, 3.8) is 0 Å². The molecule has 2 N–H and O–H groups in total. The Morgan fingerprint density at radius 3 is 2.69 bits per heavy atom. The monoisotopic (exact) mass is 236 g/mol. The first-order valence-electron chi connectivity index (χ1n) is 5.36. The molecule has 0 aliphatic heterocycles. The summed E-state index contributed by atoms with van der Waals surface area (Å²) in [6, 6.07) is 8.44. The molecule has 2 rings (SSSR count). The molecule has 0 unspecified atom stereocenters. The molecular formula is C13H17ClN2. The van der Waals surface area contributed by atoms with Crippen LogP contribution >= 0.6 is 12.4 Å². The van der Waals surface area contributed by atoms with Crippen LogP contribution in [0.25, 0.3) is 10.9 Å². The molecule has 2 aromatic rings. The van der Waals surface area contributed by atoms with Crippen LogP contribution in [0.5, 0.6) is 0 Å². The molecule has 0 amide bonds. The first-order valence-corrected chi connectivity index (χ1v) is 5.36. The Bertz CT molecular complexity index is 495. The number of hydrogen-bond acceptors (Lipinski definition) is 2. The van der Waals surface area contributed by atoms with E-state index in [1.807, 2.05) is 0 Å². The zero-order chi connectivity index (χ0) is 10.8. The van der Waals surface area contributed by atoms with Crippen molar-refractivity contribution < 1.29 is 0 Å². The number of fused-ring (bicyclic) bond motifs is 1. The second-order valence-electron chi connectivity index (χ2n) is 3.98. The predicted octanol–water partition coefficient (Wildman–Crippen LogP) is 3.50. The van der Waals surface area contributed by atoms with Gasteiger partial charge in [-0.05, 0) is 36.6 Å². The number of nitrogen functional groups attached to an aromatic ring is 1. The van der Waals surface area contributed by atoms with Crippen LogP contribution in [0.3, 0.4) is 0 Å². The molecule has 0 aliphatic rings. The molecular weight excluding hydrogens is 220 g/mol. The topological polar surface area (TPSA) is 38.9 Å². The van der Waals surface area contributed by atoms with Crippen molar-refractivity contribution in [2.75, 3.05) is 5.73 Å². The molecule has 0 saturated heterocycles. The molecule has 0 radical (unpaired) electrons. The van der Waals surface area contributed by atoms with Crippen LogP contribution in [0.2, 0.25) is 0 Å². The van der Waals surface area contributed by atoms with E-state index in [-0.39, 0.29) is 12.4 Å². The summed E-state index contributed by atoms with van der Waals surface area (Å²) < 4.78 is 0. The fourth-order valence-corrected chi connectivity index (χ4v) is 1.81. The zero-order valence-corrected chi connectivity index (χ0v) is 10.5. The quantitative estimate of drug-likeness (QED) is 0.867. The van der Waals surface area contributed by atoms with Gasteiger partial charge in [0, 0.05) is 5.39 Å². The molecule has 0 fully saturated rings. The van der Waals surface area contributed by atoms with Gasteiger partial charge in [0.25, 0.3) is 0 Å². The van der Waals surface area contributed by atoms with Crippen molar-refractivity contribution in [3.05, 3.63) is 35.4 Å². The third-order valence-corrected chi connectivity index (χ3v) is 2.60. The number of nitrogens with zero attached hydrogens (tertiary/aromatic N) is 1. The Labute approximate surface area is 102 Å². The number of anilines is 1. The lowest BCUT2D eigenvalue weighted by Gasteiger charge is -2.06. The van der Waals surface area contributed by atoms with Crippen molar-refractivity contribution in [3.8, 4) is 0 Å². The van der Waals surface area contributed by atoms with Gasteiger partial charge in [0.05, 0.1) is 5.52 Å². The minimum Gasteiger partial charge on any atom is -0.383 e. The summed E-state index contributed by atoms with van der Waals surface area (Å²) in [6.45, 7) is 4.22. The number of aryl methyl sites for hydroxylation is 2. The SMILES string of the molecule is CCCc1cc2ccc(C)cc2nc1N.Cl. The summed E-state index contributed by atoms with van der Waals surface area (Å²) >= 11 is 0. The molecule has 0 atom stereocenters. The van der Waals surface area contributed by atoms with Gasteiger partial charge in [0.2, 0.25) is 0 Å². The van der Waals surface area contributed by atoms with Crippen LogP contribution in [0, 0.1) is 6.92 Å².